The van der Waals surface area contributed by atoms with Crippen LogP contribution in [-0.4, -0.2) is 24.3 Å². The standard InChI is InChI=1S/C13H20Cl2N2O/c1-2-10(5-6-18)17-13(8-16)11-7-9(14)3-4-12(11)15/h3-4,7,10,13,17-18H,2,5-6,8,16H2,1H3. The number of aliphatic hydroxyl groups excluding tert-OH is 1. The van der Waals surface area contributed by atoms with Gasteiger partial charge in [-0.3, -0.25) is 0 Å². The highest BCUT2D eigenvalue weighted by atomic mass is 35.5. The van der Waals surface area contributed by atoms with Crippen LogP contribution in [0.25, 0.3) is 0 Å². The Morgan fingerprint density at radius 3 is 2.67 bits per heavy atom. The van der Waals surface area contributed by atoms with E-state index in [1.807, 2.05) is 6.07 Å². The Morgan fingerprint density at radius 2 is 2.11 bits per heavy atom. The molecule has 1 rings (SSSR count). The third-order valence-corrected chi connectivity index (χ3v) is 3.56. The number of nitrogens with two attached hydrogens (primary N) is 1. The molecule has 0 bridgehead atoms. The number of benzene rings is 1. The molecule has 1 aromatic carbocycles. The van der Waals surface area contributed by atoms with E-state index in [0.717, 1.165) is 12.0 Å². The van der Waals surface area contributed by atoms with Gasteiger partial charge >= 0.3 is 0 Å². The molecule has 5 heteroatoms. The molecule has 0 saturated heterocycles. The van der Waals surface area contributed by atoms with Gasteiger partial charge in [0.25, 0.3) is 0 Å². The molecule has 0 amide bonds. The predicted molar refractivity (Wildman–Crippen MR) is 77.2 cm³/mol. The topological polar surface area (TPSA) is 58.3 Å². The van der Waals surface area contributed by atoms with E-state index in [0.29, 0.717) is 23.0 Å². The van der Waals surface area contributed by atoms with Gasteiger partial charge in [-0.05, 0) is 36.6 Å². The summed E-state index contributed by atoms with van der Waals surface area (Å²) in [6.07, 6.45) is 1.63. The Balaban J connectivity index is 2.84. The van der Waals surface area contributed by atoms with Crippen molar-refractivity contribution in [2.24, 2.45) is 5.73 Å². The zero-order valence-electron chi connectivity index (χ0n) is 10.5. The van der Waals surface area contributed by atoms with Crippen LogP contribution >= 0.6 is 23.2 Å². The molecule has 0 fully saturated rings. The van der Waals surface area contributed by atoms with Crippen molar-refractivity contribution in [3.63, 3.8) is 0 Å². The average molecular weight is 291 g/mol. The Bertz CT molecular complexity index is 374. The van der Waals surface area contributed by atoms with Crippen molar-refractivity contribution >= 4 is 23.2 Å². The van der Waals surface area contributed by atoms with E-state index in [4.69, 9.17) is 34.0 Å². The lowest BCUT2D eigenvalue weighted by molar-refractivity contribution is 0.256. The smallest absolute Gasteiger partial charge is 0.0462 e. The number of rotatable bonds is 7. The van der Waals surface area contributed by atoms with Gasteiger partial charge in [0, 0.05) is 35.3 Å². The summed E-state index contributed by atoms with van der Waals surface area (Å²) in [6.45, 7) is 2.66. The van der Waals surface area contributed by atoms with Crippen LogP contribution in [0, 0.1) is 0 Å². The van der Waals surface area contributed by atoms with Gasteiger partial charge in [-0.15, -0.1) is 0 Å². The molecule has 1 aromatic rings. The van der Waals surface area contributed by atoms with Gasteiger partial charge < -0.3 is 16.2 Å². The van der Waals surface area contributed by atoms with Crippen LogP contribution < -0.4 is 11.1 Å². The van der Waals surface area contributed by atoms with Crippen LogP contribution in [0.3, 0.4) is 0 Å². The molecule has 18 heavy (non-hydrogen) atoms. The van der Waals surface area contributed by atoms with E-state index < -0.39 is 0 Å². The molecule has 2 atom stereocenters. The molecule has 2 unspecified atom stereocenters. The summed E-state index contributed by atoms with van der Waals surface area (Å²) >= 11 is 12.2. The third-order valence-electron chi connectivity index (χ3n) is 2.98. The molecule has 0 aliphatic rings. The van der Waals surface area contributed by atoms with Crippen molar-refractivity contribution in [3.8, 4) is 0 Å². The van der Waals surface area contributed by atoms with Crippen molar-refractivity contribution in [3.05, 3.63) is 33.8 Å². The Labute approximate surface area is 118 Å². The summed E-state index contributed by atoms with van der Waals surface area (Å²) in [5, 5.41) is 13.7. The summed E-state index contributed by atoms with van der Waals surface area (Å²) < 4.78 is 0. The molecule has 0 aliphatic heterocycles. The fraction of sp³-hybridized carbons (Fsp3) is 0.538. The van der Waals surface area contributed by atoms with E-state index in [9.17, 15) is 0 Å². The number of hydrogen-bond acceptors (Lipinski definition) is 3. The molecule has 0 radical (unpaired) electrons. The lowest BCUT2D eigenvalue weighted by atomic mass is 10.0. The number of nitrogens with one attached hydrogen (secondary N) is 1. The summed E-state index contributed by atoms with van der Waals surface area (Å²) in [7, 11) is 0. The van der Waals surface area contributed by atoms with E-state index >= 15 is 0 Å². The maximum atomic E-state index is 9.00. The lowest BCUT2D eigenvalue weighted by Gasteiger charge is -2.25. The van der Waals surface area contributed by atoms with Crippen LogP contribution in [0.2, 0.25) is 10.0 Å². The fourth-order valence-electron chi connectivity index (χ4n) is 1.91. The van der Waals surface area contributed by atoms with Gasteiger partial charge in [0.2, 0.25) is 0 Å². The highest BCUT2D eigenvalue weighted by molar-refractivity contribution is 6.33. The SMILES string of the molecule is CCC(CCO)NC(CN)c1cc(Cl)ccc1Cl. The van der Waals surface area contributed by atoms with Gasteiger partial charge in [0.15, 0.2) is 0 Å². The second-order valence-electron chi connectivity index (χ2n) is 4.24. The first-order valence-corrected chi connectivity index (χ1v) is 6.89. The summed E-state index contributed by atoms with van der Waals surface area (Å²) in [5.41, 5.74) is 6.70. The van der Waals surface area contributed by atoms with Crippen LogP contribution in [-0.2, 0) is 0 Å². The van der Waals surface area contributed by atoms with Gasteiger partial charge in [-0.2, -0.15) is 0 Å². The lowest BCUT2D eigenvalue weighted by Crippen LogP contribution is -2.37. The zero-order chi connectivity index (χ0) is 13.5. The average Bonchev–Trinajstić information content (AvgIpc) is 2.37. The largest absolute Gasteiger partial charge is 0.396 e. The second kappa shape index (κ2) is 7.97. The molecular weight excluding hydrogens is 271 g/mol. The minimum Gasteiger partial charge on any atom is -0.396 e. The molecular formula is C13H20Cl2N2O. The number of hydrogen-bond donors (Lipinski definition) is 3. The molecule has 0 spiro atoms. The quantitative estimate of drug-likeness (QED) is 0.724. The van der Waals surface area contributed by atoms with E-state index in [1.165, 1.54) is 0 Å². The third kappa shape index (κ3) is 4.41. The first kappa shape index (κ1) is 15.7. The highest BCUT2D eigenvalue weighted by Crippen LogP contribution is 2.26. The summed E-state index contributed by atoms with van der Waals surface area (Å²) in [5.74, 6) is 0. The van der Waals surface area contributed by atoms with Gasteiger partial charge in [-0.1, -0.05) is 30.1 Å². The second-order valence-corrected chi connectivity index (χ2v) is 5.08. The predicted octanol–water partition coefficient (Wildman–Crippen LogP) is 2.74. The number of halogens is 2. The van der Waals surface area contributed by atoms with Gasteiger partial charge in [-0.25, -0.2) is 0 Å². The molecule has 3 nitrogen and oxygen atoms in total. The molecule has 0 aliphatic carbocycles. The van der Waals surface area contributed by atoms with Gasteiger partial charge in [0.05, 0.1) is 0 Å². The van der Waals surface area contributed by atoms with Crippen LogP contribution in [0.15, 0.2) is 18.2 Å². The Hall–Kier alpha value is -0.320. The maximum absolute atomic E-state index is 9.00. The summed E-state index contributed by atoms with van der Waals surface area (Å²) in [4.78, 5) is 0. The van der Waals surface area contributed by atoms with Crippen LogP contribution in [0.4, 0.5) is 0 Å². The highest BCUT2D eigenvalue weighted by Gasteiger charge is 2.17. The Kier molecular flexibility index (Phi) is 6.97. The minimum absolute atomic E-state index is 0.0484. The first-order valence-electron chi connectivity index (χ1n) is 6.14. The van der Waals surface area contributed by atoms with E-state index in [-0.39, 0.29) is 18.7 Å². The van der Waals surface area contributed by atoms with Crippen molar-refractivity contribution in [1.82, 2.24) is 5.32 Å². The van der Waals surface area contributed by atoms with Crippen LogP contribution in [0.5, 0.6) is 0 Å². The summed E-state index contributed by atoms with van der Waals surface area (Å²) in [6, 6.07) is 5.54. The number of aliphatic hydroxyl groups is 1. The van der Waals surface area contributed by atoms with Crippen molar-refractivity contribution in [2.45, 2.75) is 31.8 Å². The minimum atomic E-state index is -0.0484. The molecule has 0 aromatic heterocycles. The van der Waals surface area contributed by atoms with Crippen LogP contribution in [0.1, 0.15) is 31.4 Å². The monoisotopic (exact) mass is 290 g/mol. The molecule has 0 heterocycles. The Morgan fingerprint density at radius 1 is 1.39 bits per heavy atom. The molecule has 0 saturated carbocycles. The van der Waals surface area contributed by atoms with Crippen molar-refractivity contribution < 1.29 is 5.11 Å². The van der Waals surface area contributed by atoms with E-state index in [2.05, 4.69) is 12.2 Å². The molecule has 4 N–H and O–H groups in total. The molecule has 102 valence electrons. The van der Waals surface area contributed by atoms with Crippen molar-refractivity contribution in [1.29, 1.82) is 0 Å². The maximum Gasteiger partial charge on any atom is 0.0462 e. The zero-order valence-corrected chi connectivity index (χ0v) is 12.0. The fourth-order valence-corrected chi connectivity index (χ4v) is 2.34. The first-order chi connectivity index (χ1) is 8.62. The van der Waals surface area contributed by atoms with Crippen molar-refractivity contribution in [2.75, 3.05) is 13.2 Å². The van der Waals surface area contributed by atoms with E-state index in [1.54, 1.807) is 12.1 Å². The normalized spacial score (nSPS) is 14.5. The van der Waals surface area contributed by atoms with Gasteiger partial charge in [0.1, 0.15) is 0 Å².